The average molecular weight is 635 g/mol. The van der Waals surface area contributed by atoms with Gasteiger partial charge in [0.2, 0.25) is 0 Å². The van der Waals surface area contributed by atoms with E-state index in [2.05, 4.69) is 22.9 Å². The third kappa shape index (κ3) is 19.8. The molecule has 1 aromatic rings. The Morgan fingerprint density at radius 1 is 1.05 bits per heavy atom. The van der Waals surface area contributed by atoms with Crippen LogP contribution < -0.4 is 9.63 Å². The first kappa shape index (κ1) is 39.7. The van der Waals surface area contributed by atoms with Crippen molar-refractivity contribution in [2.45, 2.75) is 103 Å². The first-order valence-electron chi connectivity index (χ1n) is 16.0. The van der Waals surface area contributed by atoms with Crippen LogP contribution in [0.1, 0.15) is 89.5 Å². The van der Waals surface area contributed by atoms with Crippen LogP contribution in [-0.4, -0.2) is 64.1 Å². The molecule has 11 heteroatoms. The quantitative estimate of drug-likeness (QED) is 0.0143. The van der Waals surface area contributed by atoms with Crippen LogP contribution in [0.2, 0.25) is 0 Å². The first-order valence-corrected chi connectivity index (χ1v) is 17.4. The number of quaternary nitrogens is 1. The molecule has 1 aromatic carbocycles. The fraction of sp³-hybridized carbons (Fsp3) is 0.697. The number of azide groups is 1. The van der Waals surface area contributed by atoms with Crippen molar-refractivity contribution in [2.24, 2.45) is 5.11 Å². The molecule has 44 heavy (non-hydrogen) atoms. The molecule has 0 aliphatic carbocycles. The third-order valence-corrected chi connectivity index (χ3v) is 8.31. The normalized spacial score (nSPS) is 14.5. The first-order chi connectivity index (χ1) is 21.2. The van der Waals surface area contributed by atoms with E-state index in [1.54, 1.807) is 7.11 Å². The van der Waals surface area contributed by atoms with E-state index in [4.69, 9.17) is 24.9 Å². The molecule has 0 N–H and O–H groups in total. The number of hydrogen-bond acceptors (Lipinski definition) is 7. The second-order valence-electron chi connectivity index (χ2n) is 11.7. The van der Waals surface area contributed by atoms with E-state index in [0.717, 1.165) is 30.6 Å². The number of benzene rings is 1. The summed E-state index contributed by atoms with van der Waals surface area (Å²) in [5, 5.41) is 3.81. The van der Waals surface area contributed by atoms with Crippen molar-refractivity contribution in [3.8, 4) is 18.1 Å². The van der Waals surface area contributed by atoms with Crippen LogP contribution in [0.25, 0.3) is 10.4 Å². The van der Waals surface area contributed by atoms with Crippen LogP contribution in [0, 0.1) is 12.3 Å². The zero-order chi connectivity index (χ0) is 32.5. The molecule has 248 valence electrons. The van der Waals surface area contributed by atoms with Crippen LogP contribution in [0.15, 0.2) is 41.5 Å². The summed E-state index contributed by atoms with van der Waals surface area (Å²) in [4.78, 5) is 15.4. The highest BCUT2D eigenvalue weighted by atomic mass is 31.2. The summed E-state index contributed by atoms with van der Waals surface area (Å²) in [6.45, 7) is 2.79. The highest BCUT2D eigenvalue weighted by Crippen LogP contribution is 2.38. The van der Waals surface area contributed by atoms with Gasteiger partial charge in [0.25, 0.3) is 7.82 Å². The number of likely N-dealkylation sites (N-methyl/N-ethyl adjacent to an activating group) is 1. The van der Waals surface area contributed by atoms with Gasteiger partial charge in [-0.2, -0.15) is 0 Å². The monoisotopic (exact) mass is 634 g/mol. The molecule has 0 fully saturated rings. The molecule has 1 unspecified atom stereocenters. The van der Waals surface area contributed by atoms with Crippen LogP contribution in [0.3, 0.4) is 0 Å². The molecule has 0 saturated heterocycles. The second-order valence-corrected chi connectivity index (χ2v) is 13.2. The minimum atomic E-state index is -4.65. The van der Waals surface area contributed by atoms with Gasteiger partial charge in [-0.25, -0.2) is 0 Å². The van der Waals surface area contributed by atoms with Gasteiger partial charge >= 0.3 is 0 Å². The SMILES string of the molecule is C#CC[N+](C)(C)CCOP(=O)([O-])OC[C@H](N=[N+]=[N-])[C@@H](/C=C/CCCCCCCCCCCCC)OCc1ccc(OC)cc1. The lowest BCUT2D eigenvalue weighted by Crippen LogP contribution is -2.42. The molecular formula is C33H55N4O6P. The Morgan fingerprint density at radius 3 is 2.23 bits per heavy atom. The summed E-state index contributed by atoms with van der Waals surface area (Å²) in [5.74, 6) is 3.29. The number of terminal acetylenes is 1. The molecule has 0 aromatic heterocycles. The number of rotatable bonds is 27. The molecule has 0 spiro atoms. The van der Waals surface area contributed by atoms with Crippen molar-refractivity contribution >= 4 is 7.82 Å². The van der Waals surface area contributed by atoms with Crippen molar-refractivity contribution < 1.29 is 32.5 Å². The van der Waals surface area contributed by atoms with E-state index >= 15 is 0 Å². The number of phosphoric ester groups is 1. The lowest BCUT2D eigenvalue weighted by Gasteiger charge is -2.30. The predicted molar refractivity (Wildman–Crippen MR) is 175 cm³/mol. The van der Waals surface area contributed by atoms with Crippen molar-refractivity contribution in [3.63, 3.8) is 0 Å². The molecule has 0 saturated carbocycles. The summed E-state index contributed by atoms with van der Waals surface area (Å²) in [5.41, 5.74) is 10.1. The zero-order valence-corrected chi connectivity index (χ0v) is 28.3. The summed E-state index contributed by atoms with van der Waals surface area (Å²) in [7, 11) is 0.710. The molecule has 0 aliphatic heterocycles. The molecule has 0 bridgehead atoms. The van der Waals surface area contributed by atoms with Gasteiger partial charge in [-0.1, -0.05) is 101 Å². The Hall–Kier alpha value is -2.34. The van der Waals surface area contributed by atoms with Crippen LogP contribution in [-0.2, 0) is 25.0 Å². The van der Waals surface area contributed by atoms with Crippen molar-refractivity contribution in [1.29, 1.82) is 0 Å². The molecule has 0 radical (unpaired) electrons. The minimum absolute atomic E-state index is 0.0854. The van der Waals surface area contributed by atoms with Crippen LogP contribution >= 0.6 is 7.82 Å². The van der Waals surface area contributed by atoms with Crippen LogP contribution in [0.5, 0.6) is 5.75 Å². The molecule has 3 atom stereocenters. The summed E-state index contributed by atoms with van der Waals surface area (Å²) in [6.07, 6.45) is 23.3. The highest BCUT2D eigenvalue weighted by molar-refractivity contribution is 7.45. The fourth-order valence-corrected chi connectivity index (χ4v) is 5.27. The van der Waals surface area contributed by atoms with Gasteiger partial charge in [0.05, 0.1) is 46.6 Å². The number of methoxy groups -OCH3 is 1. The zero-order valence-electron chi connectivity index (χ0n) is 27.4. The molecule has 0 heterocycles. The Morgan fingerprint density at radius 2 is 1.66 bits per heavy atom. The number of allylic oxidation sites excluding steroid dienone is 1. The largest absolute Gasteiger partial charge is 0.756 e. The van der Waals surface area contributed by atoms with E-state index in [0.29, 0.717) is 17.6 Å². The number of nitrogens with zero attached hydrogens (tertiary/aromatic N) is 4. The highest BCUT2D eigenvalue weighted by Gasteiger charge is 2.23. The molecule has 0 aliphatic rings. The summed E-state index contributed by atoms with van der Waals surface area (Å²) >= 11 is 0. The van der Waals surface area contributed by atoms with E-state index in [1.165, 1.54) is 57.8 Å². The van der Waals surface area contributed by atoms with Gasteiger partial charge in [-0.15, -0.1) is 6.42 Å². The number of phosphoric acid groups is 1. The molecule has 0 amide bonds. The maximum atomic E-state index is 12.5. The predicted octanol–water partition coefficient (Wildman–Crippen LogP) is 7.73. The van der Waals surface area contributed by atoms with Gasteiger partial charge in [-0.05, 0) is 42.0 Å². The maximum absolute atomic E-state index is 12.5. The number of hydrogen-bond donors (Lipinski definition) is 0. The summed E-state index contributed by atoms with van der Waals surface area (Å²) in [6, 6.07) is 6.50. The molecule has 10 nitrogen and oxygen atoms in total. The van der Waals surface area contributed by atoms with E-state index in [9.17, 15) is 15.0 Å². The topological polar surface area (TPSA) is 126 Å². The standard InChI is InChI=1S/C33H55N4O6P/c1-6-8-9-10-11-12-13-14-15-16-17-18-19-20-33(41-28-30-21-23-31(40-5)24-22-30)32(35-36-34)29-43-44(38,39)42-27-26-37(3,4)25-7-2/h2,19-24,32-33H,6,8-18,25-29H2,1,3-5H3/b20-19+/t32-,33+/m0/s1. The van der Waals surface area contributed by atoms with E-state index < -0.39 is 26.6 Å². The molecular weight excluding hydrogens is 579 g/mol. The van der Waals surface area contributed by atoms with E-state index in [-0.39, 0.29) is 13.2 Å². The number of ether oxygens (including phenoxy) is 2. The Kier molecular flexibility index (Phi) is 21.6. The van der Waals surface area contributed by atoms with Gasteiger partial charge in [0.15, 0.2) is 0 Å². The van der Waals surface area contributed by atoms with Gasteiger partial charge in [-0.3, -0.25) is 4.57 Å². The molecule has 1 rings (SSSR count). The van der Waals surface area contributed by atoms with E-state index in [1.807, 2.05) is 50.5 Å². The lowest BCUT2D eigenvalue weighted by atomic mass is 10.0. The average Bonchev–Trinajstić information content (AvgIpc) is 2.99. The fourth-order valence-electron chi connectivity index (χ4n) is 4.56. The Bertz CT molecular complexity index is 1050. The van der Waals surface area contributed by atoms with Crippen molar-refractivity contribution in [1.82, 2.24) is 0 Å². The van der Waals surface area contributed by atoms with Gasteiger partial charge < -0.3 is 27.9 Å². The lowest BCUT2D eigenvalue weighted by molar-refractivity contribution is -0.883. The maximum Gasteiger partial charge on any atom is 0.268 e. The summed E-state index contributed by atoms with van der Waals surface area (Å²) < 4.78 is 34.4. The smallest absolute Gasteiger partial charge is 0.268 e. The van der Waals surface area contributed by atoms with Crippen LogP contribution in [0.4, 0.5) is 0 Å². The van der Waals surface area contributed by atoms with Crippen molar-refractivity contribution in [2.75, 3.05) is 47.5 Å². The number of unbranched alkanes of at least 4 members (excludes halogenated alkanes) is 11. The van der Waals surface area contributed by atoms with Crippen molar-refractivity contribution in [3.05, 3.63) is 52.4 Å². The Labute approximate surface area is 265 Å². The second kappa shape index (κ2) is 24.0. The van der Waals surface area contributed by atoms with Gasteiger partial charge in [0, 0.05) is 4.91 Å². The third-order valence-electron chi connectivity index (χ3n) is 7.35. The Balaban J connectivity index is 2.69. The van der Waals surface area contributed by atoms with Gasteiger partial charge in [0.1, 0.15) is 25.4 Å². The minimum Gasteiger partial charge on any atom is -0.756 e.